The van der Waals surface area contributed by atoms with E-state index in [-0.39, 0.29) is 18.5 Å². The largest absolute Gasteiger partial charge is 0.466 e. The van der Waals surface area contributed by atoms with Crippen LogP contribution in [-0.2, 0) is 14.3 Å². The number of rotatable bonds is 49. The van der Waals surface area contributed by atoms with E-state index in [1.54, 1.807) is 0 Å². The normalized spacial score (nSPS) is 12.9. The third-order valence-corrected chi connectivity index (χ3v) is 12.2. The summed E-state index contributed by atoms with van der Waals surface area (Å²) in [6, 6.07) is -0.557. The molecule has 0 saturated carbocycles. The molecule has 6 heteroatoms. The molecule has 2 atom stereocenters. The number of allylic oxidation sites excluding steroid dienone is 6. The number of carbonyl (C=O) groups excluding carboxylic acids is 2. The van der Waals surface area contributed by atoms with Crippen molar-refractivity contribution in [2.45, 2.75) is 289 Å². The molecule has 0 rings (SSSR count). The molecule has 0 aromatic carbocycles. The van der Waals surface area contributed by atoms with E-state index in [9.17, 15) is 19.8 Å². The molecule has 0 saturated heterocycles. The van der Waals surface area contributed by atoms with Gasteiger partial charge in [-0.15, -0.1) is 0 Å². The summed E-state index contributed by atoms with van der Waals surface area (Å²) in [5, 5.41) is 23.1. The van der Waals surface area contributed by atoms with Gasteiger partial charge in [-0.05, 0) is 83.5 Å². The number of carbonyl (C=O) groups is 2. The molecule has 0 aliphatic heterocycles. The number of esters is 1. The highest BCUT2D eigenvalue weighted by atomic mass is 16.5. The van der Waals surface area contributed by atoms with Gasteiger partial charge in [-0.3, -0.25) is 9.59 Å². The summed E-state index contributed by atoms with van der Waals surface area (Å²) in [6.45, 7) is 4.88. The Morgan fingerprint density at radius 2 is 0.820 bits per heavy atom. The van der Waals surface area contributed by atoms with E-state index in [0.29, 0.717) is 25.9 Å². The quantitative estimate of drug-likeness (QED) is 0.0245. The van der Waals surface area contributed by atoms with Gasteiger partial charge >= 0.3 is 5.97 Å². The lowest BCUT2D eigenvalue weighted by atomic mass is 10.0. The van der Waals surface area contributed by atoms with Crippen molar-refractivity contribution < 1.29 is 24.5 Å². The van der Waals surface area contributed by atoms with Crippen molar-refractivity contribution in [3.63, 3.8) is 0 Å². The minimum absolute atomic E-state index is 0.0251. The van der Waals surface area contributed by atoms with Gasteiger partial charge in [0.15, 0.2) is 0 Å². The molecular formula is C55H103NO5. The number of hydrogen-bond acceptors (Lipinski definition) is 5. The number of nitrogens with one attached hydrogen (secondary N) is 1. The van der Waals surface area contributed by atoms with Gasteiger partial charge in [0.05, 0.1) is 25.4 Å². The molecule has 0 spiro atoms. The second-order valence-corrected chi connectivity index (χ2v) is 18.2. The Kier molecular flexibility index (Phi) is 49.1. The second kappa shape index (κ2) is 50.7. The van der Waals surface area contributed by atoms with Gasteiger partial charge in [0.25, 0.3) is 0 Å². The number of aliphatic hydroxyl groups excluding tert-OH is 2. The predicted octanol–water partition coefficient (Wildman–Crippen LogP) is 16.1. The van der Waals surface area contributed by atoms with Crippen LogP contribution in [0.2, 0.25) is 0 Å². The van der Waals surface area contributed by atoms with E-state index in [4.69, 9.17) is 4.74 Å². The molecule has 0 radical (unpaired) electrons. The van der Waals surface area contributed by atoms with Crippen molar-refractivity contribution in [2.24, 2.45) is 0 Å². The molecule has 0 heterocycles. The van der Waals surface area contributed by atoms with Crippen LogP contribution in [0.4, 0.5) is 0 Å². The van der Waals surface area contributed by atoms with Crippen molar-refractivity contribution in [3.05, 3.63) is 36.5 Å². The monoisotopic (exact) mass is 858 g/mol. The van der Waals surface area contributed by atoms with E-state index in [0.717, 1.165) is 77.0 Å². The molecule has 358 valence electrons. The van der Waals surface area contributed by atoms with Gasteiger partial charge in [0.1, 0.15) is 0 Å². The van der Waals surface area contributed by atoms with E-state index in [1.165, 1.54) is 167 Å². The number of amides is 1. The molecule has 0 fully saturated rings. The lowest BCUT2D eigenvalue weighted by Gasteiger charge is -2.22. The molecule has 1 amide bonds. The summed E-state index contributed by atoms with van der Waals surface area (Å²) in [6.07, 6.45) is 61.2. The molecule has 3 N–H and O–H groups in total. The van der Waals surface area contributed by atoms with Crippen LogP contribution in [0, 0.1) is 0 Å². The van der Waals surface area contributed by atoms with Crippen LogP contribution in [0.15, 0.2) is 36.5 Å². The predicted molar refractivity (Wildman–Crippen MR) is 264 cm³/mol. The zero-order chi connectivity index (χ0) is 44.4. The van der Waals surface area contributed by atoms with Crippen LogP contribution < -0.4 is 5.32 Å². The van der Waals surface area contributed by atoms with Gasteiger partial charge in [-0.1, -0.05) is 217 Å². The van der Waals surface area contributed by atoms with Crippen molar-refractivity contribution in [1.82, 2.24) is 5.32 Å². The standard InChI is InChI=1S/C55H103NO5/c1-3-5-7-9-11-13-15-16-17-18-19-22-25-29-33-37-41-45-49-55(60)61-50-46-42-38-34-30-26-23-20-21-24-28-32-36-40-44-48-54(59)56-52(51-57)53(58)47-43-39-35-31-27-14-12-10-8-6-4-2/h17-18,20,23,26,30,52-53,57-58H,3-16,19,21-22,24-25,27-29,31-51H2,1-2H3,(H,56,59)/b18-17-,23-20-,30-26-. The lowest BCUT2D eigenvalue weighted by Crippen LogP contribution is -2.45. The summed E-state index contributed by atoms with van der Waals surface area (Å²) in [5.41, 5.74) is 0. The van der Waals surface area contributed by atoms with E-state index in [2.05, 4.69) is 55.6 Å². The first-order chi connectivity index (χ1) is 30.0. The summed E-state index contributed by atoms with van der Waals surface area (Å²) >= 11 is 0. The summed E-state index contributed by atoms with van der Waals surface area (Å²) in [7, 11) is 0. The maximum Gasteiger partial charge on any atom is 0.305 e. The van der Waals surface area contributed by atoms with Crippen molar-refractivity contribution in [3.8, 4) is 0 Å². The van der Waals surface area contributed by atoms with Gasteiger partial charge in [-0.2, -0.15) is 0 Å². The van der Waals surface area contributed by atoms with Gasteiger partial charge in [-0.25, -0.2) is 0 Å². The fourth-order valence-electron chi connectivity index (χ4n) is 8.04. The fraction of sp³-hybridized carbons (Fsp3) is 0.855. The SMILES string of the molecule is CCCCCCCCC/C=C\CCCCCCCCCC(=O)OCCCCC/C=C\C=C/CCCCCCCCC(=O)NC(CO)C(O)CCCCCCCCCCCCC. The van der Waals surface area contributed by atoms with Gasteiger partial charge < -0.3 is 20.3 Å². The number of hydrogen-bond donors (Lipinski definition) is 3. The topological polar surface area (TPSA) is 95.9 Å². The summed E-state index contributed by atoms with van der Waals surface area (Å²) < 4.78 is 5.45. The Bertz CT molecular complexity index is 993. The number of ether oxygens (including phenoxy) is 1. The first-order valence-corrected chi connectivity index (χ1v) is 26.8. The summed E-state index contributed by atoms with van der Waals surface area (Å²) in [5.74, 6) is -0.0845. The Morgan fingerprint density at radius 3 is 1.26 bits per heavy atom. The third-order valence-electron chi connectivity index (χ3n) is 12.2. The molecule has 0 aliphatic carbocycles. The fourth-order valence-corrected chi connectivity index (χ4v) is 8.04. The Balaban J connectivity index is 3.50. The van der Waals surface area contributed by atoms with E-state index in [1.807, 2.05) is 0 Å². The first kappa shape index (κ1) is 59.1. The Labute approximate surface area is 379 Å². The van der Waals surface area contributed by atoms with Gasteiger partial charge in [0, 0.05) is 12.8 Å². The van der Waals surface area contributed by atoms with Crippen molar-refractivity contribution >= 4 is 11.9 Å². The van der Waals surface area contributed by atoms with E-state index < -0.39 is 12.1 Å². The van der Waals surface area contributed by atoms with E-state index >= 15 is 0 Å². The average molecular weight is 858 g/mol. The number of unbranched alkanes of at least 4 members (excludes halogenated alkanes) is 33. The molecule has 6 nitrogen and oxygen atoms in total. The minimum Gasteiger partial charge on any atom is -0.466 e. The summed E-state index contributed by atoms with van der Waals surface area (Å²) in [4.78, 5) is 24.5. The maximum absolute atomic E-state index is 12.4. The second-order valence-electron chi connectivity index (χ2n) is 18.2. The molecule has 0 aromatic heterocycles. The molecular weight excluding hydrogens is 755 g/mol. The van der Waals surface area contributed by atoms with Crippen LogP contribution in [0.3, 0.4) is 0 Å². The molecule has 0 aromatic rings. The molecule has 0 bridgehead atoms. The smallest absolute Gasteiger partial charge is 0.305 e. The highest BCUT2D eigenvalue weighted by Crippen LogP contribution is 2.16. The molecule has 61 heavy (non-hydrogen) atoms. The number of aliphatic hydroxyl groups is 2. The van der Waals surface area contributed by atoms with Crippen molar-refractivity contribution in [1.29, 1.82) is 0 Å². The highest BCUT2D eigenvalue weighted by molar-refractivity contribution is 5.76. The Morgan fingerprint density at radius 1 is 0.459 bits per heavy atom. The van der Waals surface area contributed by atoms with Crippen LogP contribution in [0.25, 0.3) is 0 Å². The zero-order valence-corrected chi connectivity index (χ0v) is 40.6. The molecule has 0 aliphatic rings. The maximum atomic E-state index is 12.4. The van der Waals surface area contributed by atoms with Crippen molar-refractivity contribution in [2.75, 3.05) is 13.2 Å². The molecule has 2 unspecified atom stereocenters. The average Bonchev–Trinajstić information content (AvgIpc) is 3.26. The third kappa shape index (κ3) is 47.4. The first-order valence-electron chi connectivity index (χ1n) is 26.8. The van der Waals surface area contributed by atoms with Crippen LogP contribution in [0.1, 0.15) is 277 Å². The van der Waals surface area contributed by atoms with Gasteiger partial charge in [0.2, 0.25) is 5.91 Å². The minimum atomic E-state index is -0.677. The van der Waals surface area contributed by atoms with Crippen LogP contribution >= 0.6 is 0 Å². The highest BCUT2D eigenvalue weighted by Gasteiger charge is 2.20. The van der Waals surface area contributed by atoms with Crippen LogP contribution in [0.5, 0.6) is 0 Å². The zero-order valence-electron chi connectivity index (χ0n) is 40.6. The Hall–Kier alpha value is -1.92. The van der Waals surface area contributed by atoms with Crippen LogP contribution in [-0.4, -0.2) is 47.4 Å². The lowest BCUT2D eigenvalue weighted by molar-refractivity contribution is -0.143.